The molecule has 0 aromatic heterocycles. The Balaban J connectivity index is 1.73. The van der Waals surface area contributed by atoms with E-state index in [9.17, 15) is 0 Å². The van der Waals surface area contributed by atoms with E-state index in [4.69, 9.17) is 4.90 Å². The smallest absolute Gasteiger partial charge is 0.267 e. The minimum atomic E-state index is 0.373. The van der Waals surface area contributed by atoms with Gasteiger partial charge in [0.2, 0.25) is 0 Å². The first-order valence-electron chi connectivity index (χ1n) is 10.5. The van der Waals surface area contributed by atoms with Crippen molar-refractivity contribution in [2.24, 2.45) is 4.90 Å². The fourth-order valence-corrected chi connectivity index (χ4v) is 5.10. The molecule has 1 saturated carbocycles. The van der Waals surface area contributed by atoms with Gasteiger partial charge in [-0.3, -0.25) is 0 Å². The molecule has 3 rings (SSSR count). The lowest BCUT2D eigenvalue weighted by atomic mass is 9.59. The van der Waals surface area contributed by atoms with Gasteiger partial charge in [0.05, 0.1) is 5.84 Å². The number of amidine groups is 1. The van der Waals surface area contributed by atoms with Crippen LogP contribution in [0.25, 0.3) is 0 Å². The van der Waals surface area contributed by atoms with Gasteiger partial charge in [0.1, 0.15) is 7.85 Å². The highest BCUT2D eigenvalue weighted by Gasteiger charge is 2.39. The van der Waals surface area contributed by atoms with E-state index in [0.717, 1.165) is 19.7 Å². The van der Waals surface area contributed by atoms with Gasteiger partial charge in [-0.2, -0.15) is 0 Å². The molecule has 1 atom stereocenters. The summed E-state index contributed by atoms with van der Waals surface area (Å²) in [5.74, 6) is 2.21. The summed E-state index contributed by atoms with van der Waals surface area (Å²) in [6.45, 7) is 7.11. The quantitative estimate of drug-likeness (QED) is 0.690. The molecule has 1 aliphatic heterocycles. The van der Waals surface area contributed by atoms with Crippen LogP contribution in [0, 0.1) is 0 Å². The van der Waals surface area contributed by atoms with Crippen molar-refractivity contribution in [1.82, 2.24) is 4.90 Å². The molecule has 1 fully saturated rings. The molecule has 0 N–H and O–H groups in total. The molecule has 0 saturated heterocycles. The maximum absolute atomic E-state index is 5.21. The van der Waals surface area contributed by atoms with Crippen LogP contribution in [0.4, 0.5) is 0 Å². The standard InChI is InChI=1S/C20H36B2N2/c1-15(2)24-18-12-9-13-20(3,21)17(18)14-19(24)23-22-16-10-7-5-4-6-8-11-16/h15-16,22H,4-14,21H2,1-3H3/b23-19+. The highest BCUT2D eigenvalue weighted by Crippen LogP contribution is 2.50. The topological polar surface area (TPSA) is 15.6 Å². The fourth-order valence-electron chi connectivity index (χ4n) is 5.10. The van der Waals surface area contributed by atoms with Crippen molar-refractivity contribution in [3.05, 3.63) is 11.3 Å². The molecular formula is C20H36B2N2. The summed E-state index contributed by atoms with van der Waals surface area (Å²) in [5.41, 5.74) is 3.32. The van der Waals surface area contributed by atoms with Crippen LogP contribution in [0.3, 0.4) is 0 Å². The third-order valence-corrected chi connectivity index (χ3v) is 6.56. The first-order valence-corrected chi connectivity index (χ1v) is 10.5. The predicted octanol–water partition coefficient (Wildman–Crippen LogP) is 4.63. The van der Waals surface area contributed by atoms with Gasteiger partial charge in [-0.05, 0) is 43.4 Å². The van der Waals surface area contributed by atoms with E-state index in [1.807, 2.05) is 0 Å². The van der Waals surface area contributed by atoms with Crippen molar-refractivity contribution >= 4 is 21.1 Å². The molecule has 1 unspecified atom stereocenters. The maximum Gasteiger partial charge on any atom is 0.267 e. The highest BCUT2D eigenvalue weighted by atomic mass is 15.2. The van der Waals surface area contributed by atoms with Crippen LogP contribution in [0.1, 0.15) is 91.4 Å². The van der Waals surface area contributed by atoms with Gasteiger partial charge in [0, 0.05) is 18.2 Å². The lowest BCUT2D eigenvalue weighted by Crippen LogP contribution is -2.33. The summed E-state index contributed by atoms with van der Waals surface area (Å²) < 4.78 is 0. The third kappa shape index (κ3) is 3.94. The summed E-state index contributed by atoms with van der Waals surface area (Å²) in [5, 5.41) is 0.373. The van der Waals surface area contributed by atoms with Crippen molar-refractivity contribution in [2.45, 2.75) is 109 Å². The van der Waals surface area contributed by atoms with Crippen molar-refractivity contribution in [3.63, 3.8) is 0 Å². The molecule has 4 heteroatoms. The van der Waals surface area contributed by atoms with Gasteiger partial charge in [0.15, 0.2) is 0 Å². The molecule has 0 spiro atoms. The van der Waals surface area contributed by atoms with Crippen LogP contribution in [0.5, 0.6) is 0 Å². The molecule has 2 aliphatic carbocycles. The van der Waals surface area contributed by atoms with Crippen molar-refractivity contribution < 1.29 is 0 Å². The van der Waals surface area contributed by atoms with Crippen LogP contribution in [0.15, 0.2) is 16.2 Å². The monoisotopic (exact) mass is 326 g/mol. The van der Waals surface area contributed by atoms with E-state index < -0.39 is 0 Å². The highest BCUT2D eigenvalue weighted by molar-refractivity contribution is 6.38. The zero-order chi connectivity index (χ0) is 17.2. The van der Waals surface area contributed by atoms with Crippen LogP contribution in [-0.2, 0) is 0 Å². The van der Waals surface area contributed by atoms with Crippen LogP contribution in [0.2, 0.25) is 11.1 Å². The Labute approximate surface area is 151 Å². The third-order valence-electron chi connectivity index (χ3n) is 6.56. The van der Waals surface area contributed by atoms with Crippen LogP contribution in [-0.4, -0.2) is 32.0 Å². The second kappa shape index (κ2) is 7.70. The minimum Gasteiger partial charge on any atom is -0.336 e. The van der Waals surface area contributed by atoms with E-state index in [1.54, 1.807) is 11.3 Å². The molecule has 0 bridgehead atoms. The molecule has 132 valence electrons. The second-order valence-corrected chi connectivity index (χ2v) is 9.27. The van der Waals surface area contributed by atoms with Crippen LogP contribution >= 0.6 is 0 Å². The van der Waals surface area contributed by atoms with Gasteiger partial charge in [-0.1, -0.05) is 58.3 Å². The fraction of sp³-hybridized carbons (Fsp3) is 0.850. The van der Waals surface area contributed by atoms with Crippen molar-refractivity contribution in [1.29, 1.82) is 0 Å². The molecule has 3 aliphatic rings. The van der Waals surface area contributed by atoms with Gasteiger partial charge in [-0.25, -0.2) is 0 Å². The van der Waals surface area contributed by atoms with Crippen molar-refractivity contribution in [2.75, 3.05) is 0 Å². The molecule has 0 aromatic carbocycles. The minimum absolute atomic E-state index is 0.373. The lowest BCUT2D eigenvalue weighted by Gasteiger charge is -2.35. The van der Waals surface area contributed by atoms with Crippen molar-refractivity contribution in [3.8, 4) is 0 Å². The lowest BCUT2D eigenvalue weighted by molar-refractivity contribution is 0.395. The number of hydrogen-bond donors (Lipinski definition) is 0. The number of hydrogen-bond acceptors (Lipinski definition) is 1. The molecule has 0 aromatic rings. The zero-order valence-corrected chi connectivity index (χ0v) is 16.5. The number of allylic oxidation sites excluding steroid dienone is 1. The van der Waals surface area contributed by atoms with E-state index >= 15 is 0 Å². The van der Waals surface area contributed by atoms with Gasteiger partial charge in [0.25, 0.3) is 7.41 Å². The van der Waals surface area contributed by atoms with E-state index in [-0.39, 0.29) is 0 Å². The summed E-state index contributed by atoms with van der Waals surface area (Å²) in [6, 6.07) is 0.544. The Bertz CT molecular complexity index is 500. The maximum atomic E-state index is 5.21. The van der Waals surface area contributed by atoms with Gasteiger partial charge >= 0.3 is 0 Å². The van der Waals surface area contributed by atoms with Gasteiger partial charge < -0.3 is 9.80 Å². The summed E-state index contributed by atoms with van der Waals surface area (Å²) >= 11 is 0. The van der Waals surface area contributed by atoms with E-state index in [2.05, 4.69) is 33.5 Å². The van der Waals surface area contributed by atoms with E-state index in [1.165, 1.54) is 70.0 Å². The average Bonchev–Trinajstić information content (AvgIpc) is 2.86. The largest absolute Gasteiger partial charge is 0.336 e. The molecule has 2 nitrogen and oxygen atoms in total. The molecule has 0 amide bonds. The Morgan fingerprint density at radius 2 is 1.79 bits per heavy atom. The SMILES string of the molecule is BC1(C)CCCC2=C1C/C(=N\BC1CCCCCCC1)N2C(C)C. The average molecular weight is 326 g/mol. The molecule has 0 radical (unpaired) electrons. The van der Waals surface area contributed by atoms with Crippen LogP contribution < -0.4 is 0 Å². The Morgan fingerprint density at radius 1 is 1.12 bits per heavy atom. The summed E-state index contributed by atoms with van der Waals surface area (Å²) in [7, 11) is 3.51. The zero-order valence-electron chi connectivity index (χ0n) is 16.5. The first kappa shape index (κ1) is 18.1. The molecular weight excluding hydrogens is 290 g/mol. The number of nitrogens with zero attached hydrogens (tertiary/aromatic N) is 2. The predicted molar refractivity (Wildman–Crippen MR) is 110 cm³/mol. The number of rotatable bonds is 3. The summed E-state index contributed by atoms with van der Waals surface area (Å²) in [6.07, 6.45) is 15.0. The normalized spacial score (nSPS) is 31.3. The van der Waals surface area contributed by atoms with E-state index in [0.29, 0.717) is 11.4 Å². The molecule has 1 heterocycles. The molecule has 24 heavy (non-hydrogen) atoms. The Kier molecular flexibility index (Phi) is 5.82. The van der Waals surface area contributed by atoms with Gasteiger partial charge in [-0.15, -0.1) is 0 Å². The Hall–Kier alpha value is -0.660. The Morgan fingerprint density at radius 3 is 2.46 bits per heavy atom. The second-order valence-electron chi connectivity index (χ2n) is 9.27. The summed E-state index contributed by atoms with van der Waals surface area (Å²) in [4.78, 5) is 7.81. The first-order chi connectivity index (χ1) is 11.5.